The van der Waals surface area contributed by atoms with Gasteiger partial charge in [-0.2, -0.15) is 0 Å². The van der Waals surface area contributed by atoms with Gasteiger partial charge in [-0.1, -0.05) is 43.5 Å². The summed E-state index contributed by atoms with van der Waals surface area (Å²) in [7, 11) is 1.84. The third kappa shape index (κ3) is 6.00. The molecule has 170 valence electrons. The van der Waals surface area contributed by atoms with Gasteiger partial charge in [-0.05, 0) is 49.8 Å². The van der Waals surface area contributed by atoms with Crippen LogP contribution in [0.15, 0.2) is 29.3 Å². The fourth-order valence-electron chi connectivity index (χ4n) is 5.40. The summed E-state index contributed by atoms with van der Waals surface area (Å²) in [5.74, 6) is 1.12. The van der Waals surface area contributed by atoms with E-state index >= 15 is 0 Å². The van der Waals surface area contributed by atoms with Gasteiger partial charge in [-0.25, -0.2) is 0 Å². The van der Waals surface area contributed by atoms with Crippen molar-refractivity contribution in [2.75, 3.05) is 26.7 Å². The van der Waals surface area contributed by atoms with Crippen LogP contribution < -0.4 is 10.6 Å². The molecule has 31 heavy (non-hydrogen) atoms. The Kier molecular flexibility index (Phi) is 7.84. The van der Waals surface area contributed by atoms with Gasteiger partial charge in [-0.3, -0.25) is 14.7 Å². The largest absolute Gasteiger partial charge is 0.356 e. The van der Waals surface area contributed by atoms with E-state index in [4.69, 9.17) is 0 Å². The van der Waals surface area contributed by atoms with Crippen LogP contribution in [-0.4, -0.2) is 60.4 Å². The van der Waals surface area contributed by atoms with Crippen LogP contribution >= 0.6 is 0 Å². The molecule has 2 heterocycles. The average molecular weight is 426 g/mol. The Morgan fingerprint density at radius 3 is 2.52 bits per heavy atom. The Hall–Kier alpha value is -2.08. The van der Waals surface area contributed by atoms with E-state index in [1.54, 1.807) is 0 Å². The quantitative estimate of drug-likeness (QED) is 0.417. The molecule has 4 rings (SSSR count). The number of piperidine rings is 1. The zero-order valence-corrected chi connectivity index (χ0v) is 19.1. The summed E-state index contributed by atoms with van der Waals surface area (Å²) in [6.07, 6.45) is 10.8. The topological polar surface area (TPSA) is 60.0 Å². The number of nitrogens with zero attached hydrogens (tertiary/aromatic N) is 3. The first-order valence-electron chi connectivity index (χ1n) is 12.3. The minimum atomic E-state index is 0.247. The van der Waals surface area contributed by atoms with Gasteiger partial charge < -0.3 is 15.5 Å². The van der Waals surface area contributed by atoms with Gasteiger partial charge in [0, 0.05) is 51.7 Å². The molecule has 1 amide bonds. The number of likely N-dealkylation sites (tertiary alicyclic amines) is 1. The van der Waals surface area contributed by atoms with E-state index in [1.165, 1.54) is 62.6 Å². The predicted octanol–water partition coefficient (Wildman–Crippen LogP) is 3.27. The smallest absolute Gasteiger partial charge is 0.223 e. The number of carbonyl (C=O) groups excluding carboxylic acids is 1. The lowest BCUT2D eigenvalue weighted by molar-refractivity contribution is -0.131. The molecule has 1 atom stereocenters. The lowest BCUT2D eigenvalue weighted by atomic mass is 9.92. The maximum absolute atomic E-state index is 12.6. The number of hydrogen-bond acceptors (Lipinski definition) is 3. The number of fused-ring (bicyclic) bond motifs is 1. The molecule has 1 unspecified atom stereocenters. The van der Waals surface area contributed by atoms with E-state index in [9.17, 15) is 4.79 Å². The van der Waals surface area contributed by atoms with Crippen molar-refractivity contribution in [2.24, 2.45) is 4.99 Å². The lowest BCUT2D eigenvalue weighted by Crippen LogP contribution is -2.53. The molecule has 0 bridgehead atoms. The van der Waals surface area contributed by atoms with Crippen LogP contribution in [0.2, 0.25) is 0 Å². The number of guanidine groups is 1. The number of benzene rings is 1. The summed E-state index contributed by atoms with van der Waals surface area (Å²) in [5, 5.41) is 7.06. The van der Waals surface area contributed by atoms with Crippen molar-refractivity contribution >= 4 is 11.9 Å². The Morgan fingerprint density at radius 2 is 1.81 bits per heavy atom. The first kappa shape index (κ1) is 22.1. The van der Waals surface area contributed by atoms with E-state index in [0.29, 0.717) is 12.5 Å². The van der Waals surface area contributed by atoms with E-state index < -0.39 is 0 Å². The van der Waals surface area contributed by atoms with Crippen molar-refractivity contribution < 1.29 is 4.79 Å². The third-order valence-electron chi connectivity index (χ3n) is 7.16. The Labute approximate surface area is 187 Å². The molecule has 2 fully saturated rings. The molecule has 2 aliphatic heterocycles. The zero-order valence-electron chi connectivity index (χ0n) is 19.1. The zero-order chi connectivity index (χ0) is 21.5. The van der Waals surface area contributed by atoms with Crippen molar-refractivity contribution in [2.45, 2.75) is 83.0 Å². The highest BCUT2D eigenvalue weighted by Crippen LogP contribution is 2.25. The summed E-state index contributed by atoms with van der Waals surface area (Å²) in [5.41, 5.74) is 2.57. The van der Waals surface area contributed by atoms with E-state index in [0.717, 1.165) is 44.6 Å². The fourth-order valence-corrected chi connectivity index (χ4v) is 5.40. The summed E-state index contributed by atoms with van der Waals surface area (Å²) < 4.78 is 0. The van der Waals surface area contributed by atoms with Gasteiger partial charge in [-0.15, -0.1) is 0 Å². The average Bonchev–Trinajstić information content (AvgIpc) is 3.26. The normalized spacial score (nSPS) is 22.9. The Morgan fingerprint density at radius 1 is 1.06 bits per heavy atom. The fraction of sp³-hybridized carbons (Fsp3) is 0.680. The number of nitrogens with one attached hydrogen (secondary N) is 2. The van der Waals surface area contributed by atoms with Crippen molar-refractivity contribution in [3.05, 3.63) is 35.4 Å². The van der Waals surface area contributed by atoms with Crippen LogP contribution in [0.1, 0.15) is 68.9 Å². The van der Waals surface area contributed by atoms with Gasteiger partial charge >= 0.3 is 0 Å². The summed E-state index contributed by atoms with van der Waals surface area (Å²) in [4.78, 5) is 21.7. The summed E-state index contributed by atoms with van der Waals surface area (Å²) in [6.45, 7) is 4.65. The van der Waals surface area contributed by atoms with Gasteiger partial charge in [0.2, 0.25) is 5.91 Å². The molecule has 0 spiro atoms. The van der Waals surface area contributed by atoms with Crippen molar-refractivity contribution in [3.63, 3.8) is 0 Å². The molecule has 6 nitrogen and oxygen atoms in total. The molecule has 1 saturated heterocycles. The number of amides is 1. The van der Waals surface area contributed by atoms with E-state index in [2.05, 4.69) is 44.8 Å². The Balaban J connectivity index is 1.15. The third-order valence-corrected chi connectivity index (χ3v) is 7.16. The molecule has 1 saturated carbocycles. The molecule has 2 N–H and O–H groups in total. The van der Waals surface area contributed by atoms with Crippen molar-refractivity contribution in [3.8, 4) is 0 Å². The lowest BCUT2D eigenvalue weighted by Gasteiger charge is -2.40. The minimum Gasteiger partial charge on any atom is -0.356 e. The van der Waals surface area contributed by atoms with Crippen molar-refractivity contribution in [1.29, 1.82) is 0 Å². The molecule has 1 aromatic rings. The summed E-state index contributed by atoms with van der Waals surface area (Å²) >= 11 is 0. The molecular formula is C25H39N5O. The van der Waals surface area contributed by atoms with Crippen LogP contribution in [0.4, 0.5) is 0 Å². The first-order valence-corrected chi connectivity index (χ1v) is 12.3. The highest BCUT2D eigenvalue weighted by atomic mass is 16.2. The second kappa shape index (κ2) is 11.0. The molecular weight excluding hydrogens is 386 g/mol. The molecule has 3 aliphatic rings. The number of carbonyl (C=O) groups is 1. The molecule has 1 aliphatic carbocycles. The summed E-state index contributed by atoms with van der Waals surface area (Å²) in [6, 6.07) is 9.61. The molecule has 6 heteroatoms. The minimum absolute atomic E-state index is 0.247. The van der Waals surface area contributed by atoms with Crippen LogP contribution in [0.3, 0.4) is 0 Å². The number of hydrogen-bond donors (Lipinski definition) is 2. The molecule has 1 aromatic carbocycles. The standard InChI is InChI=1S/C25H39N5O/c1-26-25(28-22-11-8-16-29(19-22)23-12-3-2-4-13-23)27-15-7-14-24(31)30-17-20-9-5-6-10-21(20)18-30/h5-6,9-10,22-23H,2-4,7-8,11-19H2,1H3,(H2,26,27,28). The highest BCUT2D eigenvalue weighted by Gasteiger charge is 2.27. The van der Waals surface area contributed by atoms with Gasteiger partial charge in [0.15, 0.2) is 5.96 Å². The highest BCUT2D eigenvalue weighted by molar-refractivity contribution is 5.80. The van der Waals surface area contributed by atoms with Gasteiger partial charge in [0.1, 0.15) is 0 Å². The maximum atomic E-state index is 12.6. The SMILES string of the molecule is CN=C(NCCCC(=O)N1Cc2ccccc2C1)NC1CCCN(C2CCCCC2)C1. The second-order valence-corrected chi connectivity index (χ2v) is 9.39. The molecule has 0 aromatic heterocycles. The number of rotatable bonds is 6. The first-order chi connectivity index (χ1) is 15.2. The van der Waals surface area contributed by atoms with Crippen LogP contribution in [0.25, 0.3) is 0 Å². The maximum Gasteiger partial charge on any atom is 0.223 e. The van der Waals surface area contributed by atoms with Crippen LogP contribution in [0, 0.1) is 0 Å². The van der Waals surface area contributed by atoms with Crippen LogP contribution in [0.5, 0.6) is 0 Å². The van der Waals surface area contributed by atoms with E-state index in [-0.39, 0.29) is 5.91 Å². The number of aliphatic imine (C=N–C) groups is 1. The van der Waals surface area contributed by atoms with Gasteiger partial charge in [0.25, 0.3) is 0 Å². The van der Waals surface area contributed by atoms with E-state index in [1.807, 2.05) is 11.9 Å². The second-order valence-electron chi connectivity index (χ2n) is 9.39. The van der Waals surface area contributed by atoms with Gasteiger partial charge in [0.05, 0.1) is 0 Å². The monoisotopic (exact) mass is 425 g/mol. The predicted molar refractivity (Wildman–Crippen MR) is 126 cm³/mol. The van der Waals surface area contributed by atoms with Crippen LogP contribution in [-0.2, 0) is 17.9 Å². The Bertz CT molecular complexity index is 733. The van der Waals surface area contributed by atoms with Crippen molar-refractivity contribution in [1.82, 2.24) is 20.4 Å². The molecule has 0 radical (unpaired) electrons.